The highest BCUT2D eigenvalue weighted by molar-refractivity contribution is 7.13. The summed E-state index contributed by atoms with van der Waals surface area (Å²) in [6, 6.07) is 13.9. The number of benzene rings is 1. The fraction of sp³-hybridized carbons (Fsp3) is 0.211. The molecule has 130 valence electrons. The minimum Gasteiger partial charge on any atom is -0.492 e. The first-order valence-corrected chi connectivity index (χ1v) is 8.84. The second-order valence-electron chi connectivity index (χ2n) is 5.53. The maximum Gasteiger partial charge on any atom is 0.303 e. The third kappa shape index (κ3) is 4.48. The highest BCUT2D eigenvalue weighted by atomic mass is 32.1. The van der Waals surface area contributed by atoms with Gasteiger partial charge in [0.25, 0.3) is 0 Å². The third-order valence-electron chi connectivity index (χ3n) is 3.84. The van der Waals surface area contributed by atoms with Gasteiger partial charge < -0.3 is 14.4 Å². The maximum absolute atomic E-state index is 12.9. The van der Waals surface area contributed by atoms with Crippen molar-refractivity contribution in [1.82, 2.24) is 4.57 Å². The number of aromatic nitrogens is 1. The van der Waals surface area contributed by atoms with Gasteiger partial charge in [-0.3, -0.25) is 4.79 Å². The summed E-state index contributed by atoms with van der Waals surface area (Å²) in [4.78, 5) is 12.0. The minimum atomic E-state index is -0.812. The topological polar surface area (TPSA) is 51.5 Å². The zero-order valence-electron chi connectivity index (χ0n) is 13.5. The summed E-state index contributed by atoms with van der Waals surface area (Å²) in [5.74, 6) is -0.500. The van der Waals surface area contributed by atoms with E-state index in [9.17, 15) is 9.18 Å². The number of nitrogens with zero attached hydrogens (tertiary/aromatic N) is 1. The summed E-state index contributed by atoms with van der Waals surface area (Å²) < 4.78 is 20.7. The largest absolute Gasteiger partial charge is 0.492 e. The van der Waals surface area contributed by atoms with Gasteiger partial charge in [0, 0.05) is 5.69 Å². The van der Waals surface area contributed by atoms with Crippen LogP contribution in [0.15, 0.2) is 53.9 Å². The van der Waals surface area contributed by atoms with E-state index in [0.717, 1.165) is 16.3 Å². The third-order valence-corrected chi connectivity index (χ3v) is 4.73. The average Bonchev–Trinajstić information content (AvgIpc) is 3.24. The van der Waals surface area contributed by atoms with E-state index < -0.39 is 5.97 Å². The molecule has 0 bridgehead atoms. The lowest BCUT2D eigenvalue weighted by molar-refractivity contribution is -0.136. The molecule has 25 heavy (non-hydrogen) atoms. The van der Waals surface area contributed by atoms with Crippen LogP contribution in [0, 0.1) is 5.82 Å². The molecule has 3 rings (SSSR count). The van der Waals surface area contributed by atoms with Crippen molar-refractivity contribution in [2.45, 2.75) is 19.4 Å². The molecule has 6 heteroatoms. The molecule has 0 fully saturated rings. The summed E-state index contributed by atoms with van der Waals surface area (Å²) >= 11 is 1.64. The molecule has 2 aromatic heterocycles. The Morgan fingerprint density at radius 3 is 2.64 bits per heavy atom. The molecule has 0 aliphatic carbocycles. The standard InChI is InChI=1S/C19H18FNO3S/c20-14-3-7-16(8-4-14)24-12-11-21-15(6-10-19(22)23)5-9-17(21)18-2-1-13-25-18/h1-5,7-9,13H,6,10-12H2,(H,22,23). The van der Waals surface area contributed by atoms with Crippen LogP contribution in [0.4, 0.5) is 4.39 Å². The van der Waals surface area contributed by atoms with Gasteiger partial charge in [-0.2, -0.15) is 0 Å². The minimum absolute atomic E-state index is 0.0900. The molecule has 0 amide bonds. The Hall–Kier alpha value is -2.60. The molecule has 2 heterocycles. The summed E-state index contributed by atoms with van der Waals surface area (Å²) in [5.41, 5.74) is 2.02. The predicted molar refractivity (Wildman–Crippen MR) is 95.6 cm³/mol. The fourth-order valence-corrected chi connectivity index (χ4v) is 3.41. The number of carboxylic acid groups (broad SMARTS) is 1. The van der Waals surface area contributed by atoms with Gasteiger partial charge in [0.2, 0.25) is 0 Å². The lowest BCUT2D eigenvalue weighted by Crippen LogP contribution is -2.12. The second-order valence-corrected chi connectivity index (χ2v) is 6.48. The Balaban J connectivity index is 1.73. The number of thiophene rings is 1. The molecule has 0 aliphatic heterocycles. The van der Waals surface area contributed by atoms with Crippen molar-refractivity contribution in [2.75, 3.05) is 6.61 Å². The molecule has 1 aromatic carbocycles. The van der Waals surface area contributed by atoms with Crippen LogP contribution < -0.4 is 4.74 Å². The molecule has 0 atom stereocenters. The molecule has 0 saturated carbocycles. The van der Waals surface area contributed by atoms with Gasteiger partial charge in [-0.25, -0.2) is 4.39 Å². The lowest BCUT2D eigenvalue weighted by atomic mass is 10.2. The number of halogens is 1. The lowest BCUT2D eigenvalue weighted by Gasteiger charge is -2.13. The number of hydrogen-bond donors (Lipinski definition) is 1. The monoisotopic (exact) mass is 359 g/mol. The highest BCUT2D eigenvalue weighted by Gasteiger charge is 2.12. The Kier molecular flexibility index (Phi) is 5.50. The quantitative estimate of drug-likeness (QED) is 0.646. The van der Waals surface area contributed by atoms with Gasteiger partial charge >= 0.3 is 5.97 Å². The maximum atomic E-state index is 12.9. The molecule has 1 N–H and O–H groups in total. The van der Waals surface area contributed by atoms with Crippen molar-refractivity contribution in [3.63, 3.8) is 0 Å². The normalized spacial score (nSPS) is 10.8. The van der Waals surface area contributed by atoms with Crippen LogP contribution in [0.1, 0.15) is 12.1 Å². The zero-order valence-corrected chi connectivity index (χ0v) is 14.3. The van der Waals surface area contributed by atoms with E-state index in [1.807, 2.05) is 29.6 Å². The molecule has 0 spiro atoms. The fourth-order valence-electron chi connectivity index (χ4n) is 2.65. The molecular formula is C19H18FNO3S. The van der Waals surface area contributed by atoms with Crippen molar-refractivity contribution in [3.05, 3.63) is 65.4 Å². The molecule has 0 saturated heterocycles. The van der Waals surface area contributed by atoms with Gasteiger partial charge in [0.1, 0.15) is 18.2 Å². The van der Waals surface area contributed by atoms with Crippen LogP contribution in [-0.4, -0.2) is 22.2 Å². The summed E-state index contributed by atoms with van der Waals surface area (Å²) in [7, 11) is 0. The predicted octanol–water partition coefficient (Wildman–Crippen LogP) is 4.45. The number of ether oxygens (including phenoxy) is 1. The first kappa shape index (κ1) is 17.2. The molecule has 0 radical (unpaired) electrons. The van der Waals surface area contributed by atoms with Crippen molar-refractivity contribution >= 4 is 17.3 Å². The van der Waals surface area contributed by atoms with Crippen LogP contribution in [-0.2, 0) is 17.8 Å². The van der Waals surface area contributed by atoms with Gasteiger partial charge in [-0.15, -0.1) is 11.3 Å². The first-order valence-electron chi connectivity index (χ1n) is 7.96. The molecule has 0 aliphatic rings. The number of aliphatic carboxylic acids is 1. The summed E-state index contributed by atoms with van der Waals surface area (Å²) in [5, 5.41) is 11.0. The molecule has 3 aromatic rings. The smallest absolute Gasteiger partial charge is 0.303 e. The molecular weight excluding hydrogens is 341 g/mol. The highest BCUT2D eigenvalue weighted by Crippen LogP contribution is 2.27. The van der Waals surface area contributed by atoms with Crippen molar-refractivity contribution in [1.29, 1.82) is 0 Å². The van der Waals surface area contributed by atoms with E-state index >= 15 is 0 Å². The van der Waals surface area contributed by atoms with Crippen LogP contribution >= 0.6 is 11.3 Å². The van der Waals surface area contributed by atoms with Crippen molar-refractivity contribution in [2.24, 2.45) is 0 Å². The number of rotatable bonds is 8. The van der Waals surface area contributed by atoms with E-state index in [0.29, 0.717) is 25.3 Å². The number of carbonyl (C=O) groups is 1. The van der Waals surface area contributed by atoms with E-state index in [2.05, 4.69) is 4.57 Å². The van der Waals surface area contributed by atoms with Gasteiger partial charge in [-0.1, -0.05) is 6.07 Å². The Morgan fingerprint density at radius 2 is 1.96 bits per heavy atom. The average molecular weight is 359 g/mol. The number of aryl methyl sites for hydroxylation is 1. The van der Waals surface area contributed by atoms with Crippen LogP contribution in [0.3, 0.4) is 0 Å². The Morgan fingerprint density at radius 1 is 1.16 bits per heavy atom. The Labute approximate surface area is 149 Å². The molecule has 0 unspecified atom stereocenters. The van der Waals surface area contributed by atoms with Gasteiger partial charge in [0.05, 0.1) is 23.5 Å². The van der Waals surface area contributed by atoms with Crippen molar-refractivity contribution in [3.8, 4) is 16.3 Å². The Bertz CT molecular complexity index is 825. The van der Waals surface area contributed by atoms with Crippen molar-refractivity contribution < 1.29 is 19.0 Å². The summed E-state index contributed by atoms with van der Waals surface area (Å²) in [6.07, 6.45) is 0.559. The number of carboxylic acids is 1. The van der Waals surface area contributed by atoms with Crippen LogP contribution in [0.25, 0.3) is 10.6 Å². The molecule has 4 nitrogen and oxygen atoms in total. The second kappa shape index (κ2) is 7.98. The summed E-state index contributed by atoms with van der Waals surface area (Å²) in [6.45, 7) is 1.01. The SMILES string of the molecule is O=C(O)CCc1ccc(-c2cccs2)n1CCOc1ccc(F)cc1. The van der Waals surface area contributed by atoms with Crippen LogP contribution in [0.2, 0.25) is 0 Å². The van der Waals surface area contributed by atoms with Gasteiger partial charge in [-0.05, 0) is 54.3 Å². The van der Waals surface area contributed by atoms with E-state index in [4.69, 9.17) is 9.84 Å². The number of hydrogen-bond acceptors (Lipinski definition) is 3. The zero-order chi connectivity index (χ0) is 17.6. The van der Waals surface area contributed by atoms with E-state index in [-0.39, 0.29) is 12.2 Å². The first-order chi connectivity index (χ1) is 12.1. The van der Waals surface area contributed by atoms with Gasteiger partial charge in [0.15, 0.2) is 0 Å². The van der Waals surface area contributed by atoms with Crippen LogP contribution in [0.5, 0.6) is 5.75 Å². The van der Waals surface area contributed by atoms with E-state index in [1.165, 1.54) is 12.1 Å². The van der Waals surface area contributed by atoms with E-state index in [1.54, 1.807) is 23.5 Å².